The van der Waals surface area contributed by atoms with Crippen LogP contribution in [-0.2, 0) is 11.2 Å². The molecule has 1 aromatic carbocycles. The van der Waals surface area contributed by atoms with Crippen LogP contribution >= 0.6 is 11.6 Å². The highest BCUT2D eigenvalue weighted by atomic mass is 35.5. The van der Waals surface area contributed by atoms with Crippen molar-refractivity contribution in [2.45, 2.75) is 44.9 Å². The van der Waals surface area contributed by atoms with Gasteiger partial charge >= 0.3 is 0 Å². The standard InChI is InChI=1S/C18H20ClFN4O3/c19-14-9-12(6-7-15(14)20)21-18(22-26)17-16(23-27-24-17)10-13(25)8-11-4-2-1-3-5-11/h6-7,9,11,26H,1-5,8,10H2,(H,21,22). The van der Waals surface area contributed by atoms with E-state index >= 15 is 0 Å². The van der Waals surface area contributed by atoms with Crippen molar-refractivity contribution < 1.29 is 19.0 Å². The molecule has 0 aliphatic heterocycles. The van der Waals surface area contributed by atoms with Gasteiger partial charge in [-0.1, -0.05) is 48.9 Å². The summed E-state index contributed by atoms with van der Waals surface area (Å²) >= 11 is 5.74. The van der Waals surface area contributed by atoms with E-state index in [1.165, 1.54) is 31.4 Å². The van der Waals surface area contributed by atoms with E-state index in [9.17, 15) is 14.4 Å². The highest BCUT2D eigenvalue weighted by Gasteiger charge is 2.22. The number of nitrogens with one attached hydrogen (secondary N) is 1. The molecule has 0 bridgehead atoms. The number of carbonyl (C=O) groups is 1. The smallest absolute Gasteiger partial charge is 0.182 e. The number of halogens is 2. The molecule has 0 radical (unpaired) electrons. The van der Waals surface area contributed by atoms with Crippen molar-refractivity contribution in [1.29, 1.82) is 0 Å². The maximum atomic E-state index is 13.3. The minimum Gasteiger partial charge on any atom is -0.299 e. The molecule has 1 saturated carbocycles. The van der Waals surface area contributed by atoms with E-state index < -0.39 is 5.82 Å². The summed E-state index contributed by atoms with van der Waals surface area (Å²) < 4.78 is 18.0. The zero-order valence-electron chi connectivity index (χ0n) is 14.6. The van der Waals surface area contributed by atoms with Crippen LogP contribution in [0.2, 0.25) is 5.02 Å². The summed E-state index contributed by atoms with van der Waals surface area (Å²) in [5.41, 5.74) is 2.62. The second-order valence-corrected chi connectivity index (χ2v) is 7.06. The van der Waals surface area contributed by atoms with Crippen LogP contribution in [0.3, 0.4) is 0 Å². The lowest BCUT2D eigenvalue weighted by Gasteiger charge is -2.20. The van der Waals surface area contributed by atoms with Crippen molar-refractivity contribution in [2.24, 2.45) is 10.9 Å². The first kappa shape index (κ1) is 19.4. The van der Waals surface area contributed by atoms with E-state index in [0.29, 0.717) is 18.0 Å². The lowest BCUT2D eigenvalue weighted by Crippen LogP contribution is -2.23. The number of Topliss-reactive ketones (excluding diaryl/α,β-unsaturated/α-hetero) is 1. The molecule has 0 unspecified atom stereocenters. The third-order valence-corrected chi connectivity index (χ3v) is 4.93. The van der Waals surface area contributed by atoms with Crippen LogP contribution in [0, 0.1) is 11.7 Å². The minimum absolute atomic E-state index is 0.0419. The Morgan fingerprint density at radius 3 is 2.81 bits per heavy atom. The lowest BCUT2D eigenvalue weighted by molar-refractivity contribution is -0.119. The number of nitrogens with zero attached hydrogens (tertiary/aromatic N) is 3. The SMILES string of the molecule is O=C(Cc1nonc1C(=Nc1ccc(F)c(Cl)c1)NO)CC1CCCCC1. The molecule has 0 amide bonds. The fourth-order valence-corrected chi connectivity index (χ4v) is 3.46. The van der Waals surface area contributed by atoms with Crippen molar-refractivity contribution in [1.82, 2.24) is 15.8 Å². The second kappa shape index (κ2) is 9.05. The Hall–Kier alpha value is -2.32. The number of hydrogen-bond acceptors (Lipinski definition) is 6. The zero-order chi connectivity index (χ0) is 19.2. The van der Waals surface area contributed by atoms with Gasteiger partial charge in [-0.15, -0.1) is 0 Å². The lowest BCUT2D eigenvalue weighted by atomic mass is 9.85. The summed E-state index contributed by atoms with van der Waals surface area (Å²) in [5, 5.41) is 16.8. The molecule has 0 spiro atoms. The number of aromatic nitrogens is 2. The van der Waals surface area contributed by atoms with Gasteiger partial charge in [-0.05, 0) is 29.3 Å². The predicted molar refractivity (Wildman–Crippen MR) is 96.7 cm³/mol. The molecule has 9 heteroatoms. The highest BCUT2D eigenvalue weighted by molar-refractivity contribution is 6.31. The van der Waals surface area contributed by atoms with Gasteiger partial charge in [0.25, 0.3) is 0 Å². The molecule has 144 valence electrons. The fourth-order valence-electron chi connectivity index (χ4n) is 3.29. The van der Waals surface area contributed by atoms with Gasteiger partial charge in [-0.25, -0.2) is 14.0 Å². The summed E-state index contributed by atoms with van der Waals surface area (Å²) in [5.74, 6) is -0.188. The van der Waals surface area contributed by atoms with Crippen LogP contribution in [0.5, 0.6) is 0 Å². The Morgan fingerprint density at radius 2 is 2.11 bits per heavy atom. The molecular weight excluding hydrogens is 375 g/mol. The van der Waals surface area contributed by atoms with Crippen molar-refractivity contribution in [3.63, 3.8) is 0 Å². The average Bonchev–Trinajstić information content (AvgIpc) is 3.11. The molecular formula is C18H20ClFN4O3. The largest absolute Gasteiger partial charge is 0.299 e. The molecule has 2 aromatic rings. The molecule has 1 aliphatic carbocycles. The summed E-state index contributed by atoms with van der Waals surface area (Å²) in [6.07, 6.45) is 6.26. The molecule has 1 aromatic heterocycles. The van der Waals surface area contributed by atoms with Crippen molar-refractivity contribution in [3.8, 4) is 0 Å². The summed E-state index contributed by atoms with van der Waals surface area (Å²) in [6, 6.07) is 3.85. The quantitative estimate of drug-likeness (QED) is 0.436. The number of amidine groups is 1. The van der Waals surface area contributed by atoms with Gasteiger partial charge in [-0.3, -0.25) is 15.5 Å². The molecule has 27 heavy (non-hydrogen) atoms. The van der Waals surface area contributed by atoms with Crippen molar-refractivity contribution in [3.05, 3.63) is 40.4 Å². The minimum atomic E-state index is -0.578. The van der Waals surface area contributed by atoms with Crippen LogP contribution in [0.25, 0.3) is 0 Å². The molecule has 1 fully saturated rings. The number of benzene rings is 1. The Balaban J connectivity index is 1.74. The molecule has 1 heterocycles. The highest BCUT2D eigenvalue weighted by Crippen LogP contribution is 2.27. The van der Waals surface area contributed by atoms with Gasteiger partial charge in [0, 0.05) is 6.42 Å². The third kappa shape index (κ3) is 5.11. The van der Waals surface area contributed by atoms with Gasteiger partial charge in [-0.2, -0.15) is 0 Å². The maximum absolute atomic E-state index is 13.3. The molecule has 2 N–H and O–H groups in total. The van der Waals surface area contributed by atoms with Crippen LogP contribution in [0.4, 0.5) is 10.1 Å². The number of ketones is 1. The van der Waals surface area contributed by atoms with Crippen molar-refractivity contribution >= 4 is 28.9 Å². The second-order valence-electron chi connectivity index (χ2n) is 6.65. The first-order chi connectivity index (χ1) is 13.1. The molecule has 0 saturated heterocycles. The predicted octanol–water partition coefficient (Wildman–Crippen LogP) is 4.00. The van der Waals surface area contributed by atoms with E-state index in [0.717, 1.165) is 18.9 Å². The summed E-state index contributed by atoms with van der Waals surface area (Å²) in [4.78, 5) is 16.5. The van der Waals surface area contributed by atoms with Gasteiger partial charge in [0.05, 0.1) is 17.1 Å². The van der Waals surface area contributed by atoms with Gasteiger partial charge in [0.15, 0.2) is 11.5 Å². The Labute approximate surface area is 160 Å². The van der Waals surface area contributed by atoms with Crippen LogP contribution in [0.15, 0.2) is 27.8 Å². The number of hydrogen-bond donors (Lipinski definition) is 2. The molecule has 3 rings (SSSR count). The Bertz CT molecular complexity index is 834. The summed E-state index contributed by atoms with van der Waals surface area (Å²) in [6.45, 7) is 0. The van der Waals surface area contributed by atoms with Crippen LogP contribution < -0.4 is 5.48 Å². The Morgan fingerprint density at radius 1 is 1.33 bits per heavy atom. The summed E-state index contributed by atoms with van der Waals surface area (Å²) in [7, 11) is 0. The topological polar surface area (TPSA) is 101 Å². The van der Waals surface area contributed by atoms with Gasteiger partial charge < -0.3 is 0 Å². The third-order valence-electron chi connectivity index (χ3n) is 4.64. The van der Waals surface area contributed by atoms with E-state index in [1.54, 1.807) is 0 Å². The van der Waals surface area contributed by atoms with E-state index in [-0.39, 0.29) is 34.5 Å². The normalized spacial score (nSPS) is 15.7. The van der Waals surface area contributed by atoms with Crippen LogP contribution in [0.1, 0.15) is 49.9 Å². The number of hydroxylamine groups is 1. The average molecular weight is 395 g/mol. The first-order valence-corrected chi connectivity index (χ1v) is 9.22. The molecule has 7 nitrogen and oxygen atoms in total. The fraction of sp³-hybridized carbons (Fsp3) is 0.444. The molecule has 1 aliphatic rings. The van der Waals surface area contributed by atoms with Gasteiger partial charge in [0.1, 0.15) is 17.3 Å². The van der Waals surface area contributed by atoms with E-state index in [1.807, 2.05) is 5.48 Å². The van der Waals surface area contributed by atoms with Gasteiger partial charge in [0.2, 0.25) is 0 Å². The maximum Gasteiger partial charge on any atom is 0.182 e. The monoisotopic (exact) mass is 394 g/mol. The first-order valence-electron chi connectivity index (χ1n) is 8.84. The molecule has 0 atom stereocenters. The van der Waals surface area contributed by atoms with Crippen LogP contribution in [-0.4, -0.2) is 27.1 Å². The number of carbonyl (C=O) groups excluding carboxylic acids is 1. The number of aliphatic imine (C=N–C) groups is 1. The zero-order valence-corrected chi connectivity index (χ0v) is 15.4. The van der Waals surface area contributed by atoms with Crippen molar-refractivity contribution in [2.75, 3.05) is 0 Å². The number of rotatable bonds is 6. The Kier molecular flexibility index (Phi) is 6.52. The van der Waals surface area contributed by atoms with E-state index in [4.69, 9.17) is 16.2 Å². The van der Waals surface area contributed by atoms with E-state index in [2.05, 4.69) is 15.3 Å².